The fourth-order valence-corrected chi connectivity index (χ4v) is 4.63. The van der Waals surface area contributed by atoms with Crippen LogP contribution in [0, 0.1) is 30.0 Å². The van der Waals surface area contributed by atoms with E-state index < -0.39 is 5.91 Å². The van der Waals surface area contributed by atoms with Crippen LogP contribution in [0.2, 0.25) is 0 Å². The topological polar surface area (TPSA) is 113 Å². The molecular weight excluding hydrogens is 417 g/mol. The van der Waals surface area contributed by atoms with Crippen LogP contribution in [-0.2, 0) is 6.54 Å². The molecule has 3 aromatic rings. The zero-order chi connectivity index (χ0) is 22.0. The van der Waals surface area contributed by atoms with Gasteiger partial charge in [0.1, 0.15) is 11.4 Å². The highest BCUT2D eigenvalue weighted by molar-refractivity contribution is 7.11. The summed E-state index contributed by atoms with van der Waals surface area (Å²) in [5, 5.41) is 18.3. The monoisotopic (exact) mass is 439 g/mol. The molecule has 0 aliphatic carbocycles. The van der Waals surface area contributed by atoms with Crippen LogP contribution in [0.3, 0.4) is 0 Å². The summed E-state index contributed by atoms with van der Waals surface area (Å²) >= 11 is 1.66. The van der Waals surface area contributed by atoms with E-state index in [0.29, 0.717) is 24.5 Å². The molecule has 0 spiro atoms. The molecule has 1 fully saturated rings. The number of hydrogen-bond donors (Lipinski definition) is 2. The number of thiazole rings is 1. The molecule has 1 aliphatic rings. The smallest absolute Gasteiger partial charge is 0.254 e. The third-order valence-electron chi connectivity index (χ3n) is 5.32. The highest BCUT2D eigenvalue weighted by atomic mass is 32.1. The Morgan fingerprint density at radius 3 is 2.84 bits per heavy atom. The molecule has 0 bridgehead atoms. The van der Waals surface area contributed by atoms with E-state index in [1.54, 1.807) is 34.3 Å². The first kappa shape index (κ1) is 21.0. The summed E-state index contributed by atoms with van der Waals surface area (Å²) in [6, 6.07) is 7.95. The largest absolute Gasteiger partial charge is 0.365 e. The number of hydrogen-bond acceptors (Lipinski definition) is 7. The summed E-state index contributed by atoms with van der Waals surface area (Å²) in [6.45, 7) is 4.14. The number of carbonyl (C=O) groups is 1. The first-order chi connectivity index (χ1) is 14.9. The summed E-state index contributed by atoms with van der Waals surface area (Å²) in [6.07, 6.45) is 4.19. The Bertz CT molecular complexity index is 1120. The van der Waals surface area contributed by atoms with Crippen molar-refractivity contribution in [3.8, 4) is 6.07 Å². The van der Waals surface area contributed by atoms with Crippen molar-refractivity contribution in [1.29, 1.82) is 5.26 Å². The molecule has 160 valence electrons. The predicted molar refractivity (Wildman–Crippen MR) is 115 cm³/mol. The third-order valence-corrected chi connectivity index (χ3v) is 6.22. The van der Waals surface area contributed by atoms with E-state index in [2.05, 4.69) is 26.4 Å². The number of likely N-dealkylation sites (tertiary alicyclic amines) is 1. The fraction of sp³-hybridized carbons (Fsp3) is 0.333. The van der Waals surface area contributed by atoms with Gasteiger partial charge < -0.3 is 11.1 Å². The number of piperidine rings is 1. The molecule has 1 saturated heterocycles. The van der Waals surface area contributed by atoms with Gasteiger partial charge in [-0.3, -0.25) is 14.4 Å². The predicted octanol–water partition coefficient (Wildman–Crippen LogP) is 3.22. The number of aryl methyl sites for hydroxylation is 1. The minimum atomic E-state index is -0.623. The summed E-state index contributed by atoms with van der Waals surface area (Å²) in [5.74, 6) is -0.980. The van der Waals surface area contributed by atoms with Gasteiger partial charge in [-0.1, -0.05) is 0 Å². The lowest BCUT2D eigenvalue weighted by Gasteiger charge is -2.35. The molecule has 3 heterocycles. The number of carbonyl (C=O) groups excluding carboxylic acids is 1. The first-order valence-corrected chi connectivity index (χ1v) is 10.7. The van der Waals surface area contributed by atoms with Crippen LogP contribution >= 0.6 is 11.3 Å². The lowest BCUT2D eigenvalue weighted by molar-refractivity contribution is 0.100. The second-order valence-corrected chi connectivity index (χ2v) is 8.86. The second kappa shape index (κ2) is 8.83. The zero-order valence-corrected chi connectivity index (χ0v) is 17.8. The summed E-state index contributed by atoms with van der Waals surface area (Å²) in [4.78, 5) is 19.7. The second-order valence-electron chi connectivity index (χ2n) is 7.54. The average Bonchev–Trinajstić information content (AvgIpc) is 3.35. The lowest BCUT2D eigenvalue weighted by atomic mass is 9.93. The van der Waals surface area contributed by atoms with Crippen molar-refractivity contribution >= 4 is 28.7 Å². The third kappa shape index (κ3) is 4.73. The maximum atomic E-state index is 13.2. The van der Waals surface area contributed by atoms with E-state index in [1.807, 2.05) is 13.1 Å². The molecule has 1 aliphatic heterocycles. The summed E-state index contributed by atoms with van der Waals surface area (Å²) < 4.78 is 14.8. The van der Waals surface area contributed by atoms with E-state index >= 15 is 0 Å². The van der Waals surface area contributed by atoms with Gasteiger partial charge in [-0.2, -0.15) is 10.4 Å². The molecule has 0 radical (unpaired) electrons. The van der Waals surface area contributed by atoms with Gasteiger partial charge in [-0.15, -0.1) is 11.3 Å². The minimum absolute atomic E-state index is 0.175. The van der Waals surface area contributed by atoms with Crippen LogP contribution in [0.5, 0.6) is 0 Å². The number of aromatic nitrogens is 3. The highest BCUT2D eigenvalue weighted by Gasteiger charge is 2.32. The van der Waals surface area contributed by atoms with E-state index in [9.17, 15) is 14.4 Å². The van der Waals surface area contributed by atoms with Crippen molar-refractivity contribution in [3.63, 3.8) is 0 Å². The molecule has 4 rings (SSSR count). The van der Waals surface area contributed by atoms with E-state index in [4.69, 9.17) is 5.73 Å². The number of nitrogens with zero attached hydrogens (tertiary/aromatic N) is 5. The van der Waals surface area contributed by atoms with E-state index in [0.717, 1.165) is 18.1 Å². The Balaban J connectivity index is 1.52. The Morgan fingerprint density at radius 1 is 1.42 bits per heavy atom. The van der Waals surface area contributed by atoms with Crippen molar-refractivity contribution < 1.29 is 9.18 Å². The van der Waals surface area contributed by atoms with Crippen LogP contribution in [0.15, 0.2) is 36.7 Å². The number of amides is 1. The Hall–Kier alpha value is -3.29. The molecule has 1 aromatic carbocycles. The summed E-state index contributed by atoms with van der Waals surface area (Å²) in [5.41, 5.74) is 6.35. The highest BCUT2D eigenvalue weighted by Crippen LogP contribution is 2.31. The molecule has 3 N–H and O–H groups in total. The van der Waals surface area contributed by atoms with Crippen molar-refractivity contribution in [2.45, 2.75) is 25.9 Å². The van der Waals surface area contributed by atoms with Gasteiger partial charge in [0, 0.05) is 42.6 Å². The van der Waals surface area contributed by atoms with Crippen molar-refractivity contribution in [1.82, 2.24) is 19.7 Å². The molecule has 31 heavy (non-hydrogen) atoms. The van der Waals surface area contributed by atoms with Gasteiger partial charge in [-0.25, -0.2) is 9.37 Å². The maximum absolute atomic E-state index is 13.2. The van der Waals surface area contributed by atoms with Crippen molar-refractivity contribution in [2.75, 3.05) is 18.4 Å². The molecule has 0 unspecified atom stereocenters. The number of anilines is 2. The molecule has 1 amide bonds. The van der Waals surface area contributed by atoms with Crippen LogP contribution < -0.4 is 11.1 Å². The molecule has 2 atom stereocenters. The quantitative estimate of drug-likeness (QED) is 0.610. The number of rotatable bonds is 6. The minimum Gasteiger partial charge on any atom is -0.365 e. The lowest BCUT2D eigenvalue weighted by Crippen LogP contribution is -2.40. The number of benzene rings is 1. The molecule has 10 heteroatoms. The Morgan fingerprint density at radius 2 is 2.19 bits per heavy atom. The number of nitrogens with one attached hydrogen (secondary N) is 1. The van der Waals surface area contributed by atoms with Crippen LogP contribution in [0.1, 0.15) is 32.7 Å². The van der Waals surface area contributed by atoms with Crippen LogP contribution in [0.25, 0.3) is 0 Å². The number of halogens is 1. The average molecular weight is 440 g/mol. The molecular formula is C21H22FN7OS. The van der Waals surface area contributed by atoms with Gasteiger partial charge in [0.25, 0.3) is 5.91 Å². The van der Waals surface area contributed by atoms with Gasteiger partial charge in [0.15, 0.2) is 5.82 Å². The molecule has 8 nitrogen and oxygen atoms in total. The van der Waals surface area contributed by atoms with Crippen LogP contribution in [0.4, 0.5) is 15.9 Å². The van der Waals surface area contributed by atoms with E-state index in [-0.39, 0.29) is 23.3 Å². The van der Waals surface area contributed by atoms with Crippen molar-refractivity contribution in [2.24, 2.45) is 11.7 Å². The molecule has 2 aromatic heterocycles. The van der Waals surface area contributed by atoms with Gasteiger partial charge in [0.2, 0.25) is 0 Å². The fourth-order valence-electron chi connectivity index (χ4n) is 3.80. The van der Waals surface area contributed by atoms with Gasteiger partial charge in [0.05, 0.1) is 23.0 Å². The number of primary amides is 1. The summed E-state index contributed by atoms with van der Waals surface area (Å²) in [7, 11) is 0. The standard InChI is InChI=1S/C21H22FN7OS/c1-13-25-9-17(31-13)11-28-7-6-19(14(8-23)10-28)29-12-18(20(24)30)21(27-29)26-16-4-2-15(22)3-5-16/h2-5,9,12,14,19H,6-7,10-11H2,1H3,(H2,24,30)(H,26,27)/t14-,19+/m1/s1. The van der Waals surface area contributed by atoms with Crippen LogP contribution in [-0.4, -0.2) is 38.7 Å². The number of nitrogens with two attached hydrogens (primary N) is 1. The van der Waals surface area contributed by atoms with Gasteiger partial charge in [-0.05, 0) is 37.6 Å². The normalized spacial score (nSPS) is 19.1. The van der Waals surface area contributed by atoms with Gasteiger partial charge >= 0.3 is 0 Å². The maximum Gasteiger partial charge on any atom is 0.254 e. The van der Waals surface area contributed by atoms with Crippen molar-refractivity contribution in [3.05, 3.63) is 57.9 Å². The zero-order valence-electron chi connectivity index (χ0n) is 17.0. The number of nitriles is 1. The van der Waals surface area contributed by atoms with E-state index in [1.165, 1.54) is 17.0 Å². The first-order valence-electron chi connectivity index (χ1n) is 9.87. The Kier molecular flexibility index (Phi) is 5.97. The SMILES string of the molecule is Cc1ncc(CN2CC[C@H](n3cc(C(N)=O)c(Nc4ccc(F)cc4)n3)[C@H](C#N)C2)s1. The Labute approximate surface area is 183 Å². The molecule has 0 saturated carbocycles.